The Hall–Kier alpha value is -2.31. The van der Waals surface area contributed by atoms with Crippen molar-refractivity contribution in [3.63, 3.8) is 0 Å². The van der Waals surface area contributed by atoms with Crippen LogP contribution in [0.5, 0.6) is 17.4 Å². The summed E-state index contributed by atoms with van der Waals surface area (Å²) < 4.78 is 16.1. The Balaban J connectivity index is 1.44. The van der Waals surface area contributed by atoms with Crippen molar-refractivity contribution in [2.75, 3.05) is 27.0 Å². The van der Waals surface area contributed by atoms with E-state index in [1.807, 2.05) is 30.3 Å². The molecule has 0 bridgehead atoms. The summed E-state index contributed by atoms with van der Waals surface area (Å²) in [6, 6.07) is 9.88. The first kappa shape index (κ1) is 16.2. The summed E-state index contributed by atoms with van der Waals surface area (Å²) in [5.41, 5.74) is 2.15. The van der Waals surface area contributed by atoms with Crippen LogP contribution in [0.25, 0.3) is 0 Å². The lowest BCUT2D eigenvalue weighted by Gasteiger charge is -2.36. The zero-order valence-electron chi connectivity index (χ0n) is 14.2. The van der Waals surface area contributed by atoms with E-state index in [4.69, 9.17) is 14.2 Å². The topological polar surface area (TPSA) is 64.1 Å². The Morgan fingerprint density at radius 1 is 1.28 bits per heavy atom. The van der Waals surface area contributed by atoms with Gasteiger partial charge in [-0.25, -0.2) is 4.98 Å². The van der Waals surface area contributed by atoms with E-state index in [1.54, 1.807) is 13.3 Å². The van der Waals surface area contributed by atoms with Gasteiger partial charge >= 0.3 is 0 Å². The van der Waals surface area contributed by atoms with Crippen LogP contribution in [0.1, 0.15) is 23.5 Å². The number of piperidine rings is 1. The van der Waals surface area contributed by atoms with Crippen LogP contribution < -0.4 is 14.2 Å². The van der Waals surface area contributed by atoms with Gasteiger partial charge in [-0.1, -0.05) is 12.1 Å². The maximum Gasteiger partial charge on any atom is 0.231 e. The third kappa shape index (κ3) is 3.27. The molecule has 6 heteroatoms. The minimum atomic E-state index is -0.420. The molecule has 3 heterocycles. The van der Waals surface area contributed by atoms with Crippen molar-refractivity contribution in [3.8, 4) is 17.4 Å². The van der Waals surface area contributed by atoms with Crippen molar-refractivity contribution >= 4 is 0 Å². The molecule has 0 spiro atoms. The van der Waals surface area contributed by atoms with Gasteiger partial charge in [0.05, 0.1) is 13.2 Å². The highest BCUT2D eigenvalue weighted by Gasteiger charge is 2.30. The smallest absolute Gasteiger partial charge is 0.231 e. The second kappa shape index (κ2) is 6.90. The number of β-amino-alcohol motifs (C(OH)–C–C–N with tert-alkyl or cyclic N) is 1. The van der Waals surface area contributed by atoms with Gasteiger partial charge in [0.15, 0.2) is 11.5 Å². The van der Waals surface area contributed by atoms with E-state index < -0.39 is 6.10 Å². The molecule has 1 fully saturated rings. The summed E-state index contributed by atoms with van der Waals surface area (Å²) in [5.74, 6) is 2.31. The molecule has 1 aromatic carbocycles. The molecule has 0 aliphatic carbocycles. The highest BCUT2D eigenvalue weighted by Crippen LogP contribution is 2.37. The van der Waals surface area contributed by atoms with Crippen molar-refractivity contribution in [1.82, 2.24) is 9.88 Å². The Morgan fingerprint density at radius 3 is 3.00 bits per heavy atom. The van der Waals surface area contributed by atoms with Crippen LogP contribution in [-0.2, 0) is 6.54 Å². The maximum absolute atomic E-state index is 10.7. The number of aromatic nitrogens is 1. The summed E-state index contributed by atoms with van der Waals surface area (Å²) in [5, 5.41) is 10.7. The predicted molar refractivity (Wildman–Crippen MR) is 92.0 cm³/mol. The Bertz CT molecular complexity index is 752. The number of likely N-dealkylation sites (tertiary alicyclic amines) is 1. The number of hydrogen-bond donors (Lipinski definition) is 1. The average molecular weight is 342 g/mol. The molecule has 132 valence electrons. The van der Waals surface area contributed by atoms with Crippen LogP contribution >= 0.6 is 0 Å². The molecule has 2 atom stereocenters. The van der Waals surface area contributed by atoms with Gasteiger partial charge in [-0.05, 0) is 36.7 Å². The van der Waals surface area contributed by atoms with Crippen LogP contribution in [0.15, 0.2) is 36.5 Å². The summed E-state index contributed by atoms with van der Waals surface area (Å²) >= 11 is 0. The van der Waals surface area contributed by atoms with Gasteiger partial charge < -0.3 is 19.3 Å². The quantitative estimate of drug-likeness (QED) is 0.919. The summed E-state index contributed by atoms with van der Waals surface area (Å²) in [7, 11) is 1.63. The summed E-state index contributed by atoms with van der Waals surface area (Å²) in [4.78, 5) is 6.48. The molecular formula is C19H22N2O4. The van der Waals surface area contributed by atoms with Crippen LogP contribution in [0.3, 0.4) is 0 Å². The molecule has 6 nitrogen and oxygen atoms in total. The molecule has 0 radical (unpaired) electrons. The minimum absolute atomic E-state index is 0.113. The van der Waals surface area contributed by atoms with Gasteiger partial charge in [0.25, 0.3) is 0 Å². The first-order chi connectivity index (χ1) is 12.2. The second-order valence-corrected chi connectivity index (χ2v) is 6.48. The zero-order valence-corrected chi connectivity index (χ0v) is 14.2. The minimum Gasteiger partial charge on any atom is -0.481 e. The lowest BCUT2D eigenvalue weighted by molar-refractivity contribution is 0.0472. The Morgan fingerprint density at radius 2 is 2.16 bits per heavy atom. The molecule has 4 rings (SSSR count). The van der Waals surface area contributed by atoms with Crippen molar-refractivity contribution in [2.45, 2.75) is 25.0 Å². The van der Waals surface area contributed by atoms with E-state index in [2.05, 4.69) is 9.88 Å². The molecule has 2 aromatic rings. The molecule has 0 amide bonds. The molecule has 0 saturated carbocycles. The van der Waals surface area contributed by atoms with Crippen molar-refractivity contribution in [1.29, 1.82) is 0 Å². The molecule has 0 unspecified atom stereocenters. The van der Waals surface area contributed by atoms with E-state index in [9.17, 15) is 5.11 Å². The number of pyridine rings is 1. The number of aliphatic hydroxyl groups excluding tert-OH is 1. The number of aliphatic hydroxyl groups is 1. The maximum atomic E-state index is 10.7. The number of methoxy groups -OCH3 is 1. The molecule has 1 saturated heterocycles. The van der Waals surface area contributed by atoms with E-state index in [1.165, 1.54) is 0 Å². The predicted octanol–water partition coefficient (Wildman–Crippen LogP) is 2.17. The number of ether oxygens (including phenoxy) is 3. The van der Waals surface area contributed by atoms with Gasteiger partial charge in [-0.2, -0.15) is 0 Å². The van der Waals surface area contributed by atoms with E-state index in [-0.39, 0.29) is 12.7 Å². The van der Waals surface area contributed by atoms with Crippen LogP contribution in [-0.4, -0.2) is 48.1 Å². The average Bonchev–Trinajstić information content (AvgIpc) is 3.10. The van der Waals surface area contributed by atoms with Gasteiger partial charge in [0.2, 0.25) is 12.7 Å². The fourth-order valence-electron chi connectivity index (χ4n) is 3.64. The number of benzene rings is 1. The number of rotatable bonds is 4. The van der Waals surface area contributed by atoms with E-state index in [0.29, 0.717) is 12.4 Å². The highest BCUT2D eigenvalue weighted by atomic mass is 16.7. The standard InChI is InChI=1S/C19H22N2O4/c1-23-19-14(3-2-7-20-19)10-21-8-6-15(16(22)11-21)13-4-5-17-18(9-13)25-12-24-17/h2-5,7,9,15-16,22H,6,8,10-12H2,1H3/t15-,16+/m0/s1. The first-order valence-corrected chi connectivity index (χ1v) is 8.52. The second-order valence-electron chi connectivity index (χ2n) is 6.48. The third-order valence-electron chi connectivity index (χ3n) is 4.93. The van der Waals surface area contributed by atoms with Crippen LogP contribution in [0.4, 0.5) is 0 Å². The molecule has 2 aliphatic rings. The molecule has 2 aliphatic heterocycles. The fourth-order valence-corrected chi connectivity index (χ4v) is 3.64. The lowest BCUT2D eigenvalue weighted by atomic mass is 9.87. The molecule has 1 aromatic heterocycles. The molecule has 1 N–H and O–H groups in total. The monoisotopic (exact) mass is 342 g/mol. The normalized spacial score (nSPS) is 22.8. The summed E-state index contributed by atoms with van der Waals surface area (Å²) in [6.45, 7) is 2.53. The lowest BCUT2D eigenvalue weighted by Crippen LogP contribution is -2.42. The molecule has 25 heavy (non-hydrogen) atoms. The Kier molecular flexibility index (Phi) is 4.46. The number of hydrogen-bond acceptors (Lipinski definition) is 6. The SMILES string of the molecule is COc1ncccc1CN1CC[C@@H](c2ccc3c(c2)OCO3)[C@H](O)C1. The van der Waals surface area contributed by atoms with E-state index >= 15 is 0 Å². The van der Waals surface area contributed by atoms with Gasteiger partial charge in [-0.15, -0.1) is 0 Å². The van der Waals surface area contributed by atoms with Crippen molar-refractivity contribution in [2.24, 2.45) is 0 Å². The van der Waals surface area contributed by atoms with Gasteiger partial charge in [-0.3, -0.25) is 4.90 Å². The van der Waals surface area contributed by atoms with E-state index in [0.717, 1.165) is 42.1 Å². The van der Waals surface area contributed by atoms with Crippen molar-refractivity contribution in [3.05, 3.63) is 47.7 Å². The molecular weight excluding hydrogens is 320 g/mol. The number of nitrogens with zero attached hydrogens (tertiary/aromatic N) is 2. The van der Waals surface area contributed by atoms with Gasteiger partial charge in [0.1, 0.15) is 0 Å². The third-order valence-corrected chi connectivity index (χ3v) is 4.93. The Labute approximate surface area is 147 Å². The number of fused-ring (bicyclic) bond motifs is 1. The van der Waals surface area contributed by atoms with Crippen LogP contribution in [0.2, 0.25) is 0 Å². The van der Waals surface area contributed by atoms with Crippen LogP contribution in [0, 0.1) is 0 Å². The van der Waals surface area contributed by atoms with Gasteiger partial charge in [0, 0.05) is 30.8 Å². The van der Waals surface area contributed by atoms with Crippen molar-refractivity contribution < 1.29 is 19.3 Å². The largest absolute Gasteiger partial charge is 0.481 e. The zero-order chi connectivity index (χ0) is 17.2. The summed E-state index contributed by atoms with van der Waals surface area (Å²) in [6.07, 6.45) is 2.20. The first-order valence-electron chi connectivity index (χ1n) is 8.52. The highest BCUT2D eigenvalue weighted by molar-refractivity contribution is 5.45. The fraction of sp³-hybridized carbons (Fsp3) is 0.421.